The number of nitrogens with zero attached hydrogens (tertiary/aromatic N) is 2. The van der Waals surface area contributed by atoms with Gasteiger partial charge in [0, 0.05) is 23.2 Å². The van der Waals surface area contributed by atoms with Gasteiger partial charge in [0.05, 0.1) is 6.04 Å². The van der Waals surface area contributed by atoms with Crippen molar-refractivity contribution < 1.29 is 0 Å². The van der Waals surface area contributed by atoms with E-state index in [1.54, 1.807) is 0 Å². The largest absolute Gasteiger partial charge is 0.354 e. The third-order valence-electron chi connectivity index (χ3n) is 7.79. The second-order valence-corrected chi connectivity index (χ2v) is 10.5. The molecule has 2 saturated carbocycles. The highest BCUT2D eigenvalue weighted by atomic mass is 15.3. The van der Waals surface area contributed by atoms with Gasteiger partial charge >= 0.3 is 0 Å². The Hall–Kier alpha value is -0.770. The summed E-state index contributed by atoms with van der Waals surface area (Å²) in [6.07, 6.45) is 15.8. The molecule has 1 aliphatic heterocycles. The number of likely N-dealkylation sites (N-methyl/N-ethyl adjacent to an activating group) is 1. The van der Waals surface area contributed by atoms with E-state index in [9.17, 15) is 0 Å². The van der Waals surface area contributed by atoms with Gasteiger partial charge in [-0.25, -0.2) is 4.99 Å². The molecule has 4 nitrogen and oxygen atoms in total. The fourth-order valence-electron chi connectivity index (χ4n) is 5.39. The summed E-state index contributed by atoms with van der Waals surface area (Å²) in [6.45, 7) is 9.49. The van der Waals surface area contributed by atoms with E-state index >= 15 is 0 Å². The lowest BCUT2D eigenvalue weighted by Crippen LogP contribution is -2.63. The van der Waals surface area contributed by atoms with E-state index < -0.39 is 0 Å². The van der Waals surface area contributed by atoms with Crippen molar-refractivity contribution in [3.8, 4) is 0 Å². The second kappa shape index (κ2) is 8.71. The van der Waals surface area contributed by atoms with Crippen molar-refractivity contribution in [2.24, 2.45) is 4.99 Å². The zero-order chi connectivity index (χ0) is 19.5. The molecule has 0 amide bonds. The second-order valence-electron chi connectivity index (χ2n) is 10.5. The van der Waals surface area contributed by atoms with Gasteiger partial charge in [-0.1, -0.05) is 38.5 Å². The molecule has 4 heteroatoms. The van der Waals surface area contributed by atoms with E-state index in [-0.39, 0.29) is 11.1 Å². The van der Waals surface area contributed by atoms with Gasteiger partial charge in [-0.2, -0.15) is 0 Å². The lowest BCUT2D eigenvalue weighted by atomic mass is 9.77. The van der Waals surface area contributed by atoms with Crippen molar-refractivity contribution in [1.29, 1.82) is 0 Å². The Morgan fingerprint density at radius 3 is 1.74 bits per heavy atom. The Morgan fingerprint density at radius 2 is 1.26 bits per heavy atom. The average molecular weight is 377 g/mol. The number of hydrogen-bond acceptors (Lipinski definition) is 2. The van der Waals surface area contributed by atoms with Crippen molar-refractivity contribution in [1.82, 2.24) is 15.5 Å². The van der Waals surface area contributed by atoms with Gasteiger partial charge < -0.3 is 10.6 Å². The number of guanidine groups is 1. The van der Waals surface area contributed by atoms with Crippen molar-refractivity contribution in [2.75, 3.05) is 7.05 Å². The molecule has 27 heavy (non-hydrogen) atoms. The molecule has 1 atom stereocenters. The van der Waals surface area contributed by atoms with E-state index in [2.05, 4.69) is 50.3 Å². The number of nitrogens with one attached hydrogen (secondary N) is 2. The third-order valence-corrected chi connectivity index (χ3v) is 7.79. The van der Waals surface area contributed by atoms with Crippen LogP contribution >= 0.6 is 0 Å². The Morgan fingerprint density at radius 1 is 0.778 bits per heavy atom. The van der Waals surface area contributed by atoms with Crippen molar-refractivity contribution in [3.05, 3.63) is 0 Å². The maximum atomic E-state index is 5.35. The fourth-order valence-corrected chi connectivity index (χ4v) is 5.39. The molecular weight excluding hydrogens is 332 g/mol. The molecule has 0 radical (unpaired) electrons. The molecule has 3 rings (SSSR count). The summed E-state index contributed by atoms with van der Waals surface area (Å²) in [4.78, 5) is 7.90. The summed E-state index contributed by atoms with van der Waals surface area (Å²) in [7, 11) is 2.28. The molecule has 2 N–H and O–H groups in total. The van der Waals surface area contributed by atoms with Gasteiger partial charge in [0.25, 0.3) is 0 Å². The molecule has 1 unspecified atom stereocenters. The lowest BCUT2D eigenvalue weighted by molar-refractivity contribution is -0.0159. The quantitative estimate of drug-likeness (QED) is 0.547. The number of hydrogen-bond donors (Lipinski definition) is 2. The van der Waals surface area contributed by atoms with E-state index in [1.807, 2.05) is 0 Å². The van der Waals surface area contributed by atoms with Crippen LogP contribution < -0.4 is 10.6 Å². The average Bonchev–Trinajstić information content (AvgIpc) is 2.65. The topological polar surface area (TPSA) is 39.7 Å². The Bertz CT molecular complexity index is 477. The summed E-state index contributed by atoms with van der Waals surface area (Å²) in [5.41, 5.74) is 0.332. The highest BCUT2D eigenvalue weighted by Gasteiger charge is 2.45. The molecule has 1 saturated heterocycles. The van der Waals surface area contributed by atoms with Crippen molar-refractivity contribution in [3.63, 3.8) is 0 Å². The first-order chi connectivity index (χ1) is 12.8. The van der Waals surface area contributed by atoms with Crippen LogP contribution in [0.1, 0.15) is 105 Å². The minimum absolute atomic E-state index is 0.0789. The number of piperidine rings is 1. The highest BCUT2D eigenvalue weighted by molar-refractivity contribution is 5.80. The Labute approximate surface area is 168 Å². The molecule has 156 valence electrons. The number of likely N-dealkylation sites (tertiary alicyclic amines) is 1. The molecule has 0 spiro atoms. The summed E-state index contributed by atoms with van der Waals surface area (Å²) in [6, 6.07) is 1.56. The van der Waals surface area contributed by atoms with Gasteiger partial charge in [0.15, 0.2) is 5.96 Å². The molecule has 1 heterocycles. The molecule has 0 aromatic rings. The highest BCUT2D eigenvalue weighted by Crippen LogP contribution is 2.38. The van der Waals surface area contributed by atoms with Crippen LogP contribution in [0.15, 0.2) is 4.99 Å². The van der Waals surface area contributed by atoms with Crippen LogP contribution in [0.5, 0.6) is 0 Å². The predicted octanol–water partition coefficient (Wildman–Crippen LogP) is 4.84. The molecule has 0 bridgehead atoms. The third kappa shape index (κ3) is 5.19. The van der Waals surface area contributed by atoms with E-state index in [1.165, 1.54) is 77.0 Å². The van der Waals surface area contributed by atoms with Crippen LogP contribution in [0.25, 0.3) is 0 Å². The van der Waals surface area contributed by atoms with Crippen LogP contribution in [0.4, 0.5) is 0 Å². The first kappa shape index (κ1) is 21.0. The van der Waals surface area contributed by atoms with Crippen LogP contribution in [0.2, 0.25) is 0 Å². The van der Waals surface area contributed by atoms with Gasteiger partial charge in [-0.3, -0.25) is 4.90 Å². The SMILES string of the molecule is CN1C(C)(C)CCC(N=C(NC2CCCCC2)NC2CCCCC2)C1(C)C. The molecule has 3 aliphatic rings. The first-order valence-electron chi connectivity index (χ1n) is 11.6. The zero-order valence-electron chi connectivity index (χ0n) is 18.6. The van der Waals surface area contributed by atoms with E-state index in [0.29, 0.717) is 18.1 Å². The van der Waals surface area contributed by atoms with Gasteiger partial charge in [0.1, 0.15) is 0 Å². The maximum Gasteiger partial charge on any atom is 0.192 e. The standard InChI is InChI=1S/C23H44N4/c1-22(2)17-16-20(23(3,4)27(22)5)26-21(24-18-12-8-6-9-13-18)25-19-14-10-7-11-15-19/h18-20H,6-17H2,1-5H3,(H2,24,25,26). The number of rotatable bonds is 3. The minimum Gasteiger partial charge on any atom is -0.354 e. The molecule has 0 aromatic heterocycles. The molecule has 2 aliphatic carbocycles. The van der Waals surface area contributed by atoms with Crippen LogP contribution in [0.3, 0.4) is 0 Å². The Balaban J connectivity index is 1.75. The summed E-state index contributed by atoms with van der Waals surface area (Å²) in [5.74, 6) is 1.10. The van der Waals surface area contributed by atoms with Gasteiger partial charge in [-0.05, 0) is 73.3 Å². The Kier molecular flexibility index (Phi) is 6.76. The molecule has 3 fully saturated rings. The summed E-state index contributed by atoms with van der Waals surface area (Å²) < 4.78 is 0. The number of aliphatic imine (C=N–C) groups is 1. The van der Waals surface area contributed by atoms with Crippen LogP contribution in [-0.4, -0.2) is 47.1 Å². The van der Waals surface area contributed by atoms with Gasteiger partial charge in [-0.15, -0.1) is 0 Å². The van der Waals surface area contributed by atoms with Crippen molar-refractivity contribution >= 4 is 5.96 Å². The van der Waals surface area contributed by atoms with E-state index in [0.717, 1.165) is 5.96 Å². The van der Waals surface area contributed by atoms with Crippen molar-refractivity contribution in [2.45, 2.75) is 134 Å². The summed E-state index contributed by atoms with van der Waals surface area (Å²) >= 11 is 0. The normalized spacial score (nSPS) is 29.9. The van der Waals surface area contributed by atoms with Crippen LogP contribution in [-0.2, 0) is 0 Å². The van der Waals surface area contributed by atoms with Gasteiger partial charge in [0.2, 0.25) is 0 Å². The van der Waals surface area contributed by atoms with E-state index in [4.69, 9.17) is 4.99 Å². The summed E-state index contributed by atoms with van der Waals surface area (Å²) in [5, 5.41) is 7.69. The molecule has 0 aromatic carbocycles. The minimum atomic E-state index is 0.0789. The predicted molar refractivity (Wildman–Crippen MR) is 116 cm³/mol. The zero-order valence-corrected chi connectivity index (χ0v) is 18.6. The molecular formula is C23H44N4. The lowest BCUT2D eigenvalue weighted by Gasteiger charge is -2.53. The monoisotopic (exact) mass is 376 g/mol. The maximum absolute atomic E-state index is 5.35. The first-order valence-corrected chi connectivity index (χ1v) is 11.6. The fraction of sp³-hybridized carbons (Fsp3) is 0.957. The van der Waals surface area contributed by atoms with Crippen LogP contribution in [0, 0.1) is 0 Å². The smallest absolute Gasteiger partial charge is 0.192 e.